The van der Waals surface area contributed by atoms with Crippen molar-refractivity contribution in [2.24, 2.45) is 5.92 Å². The zero-order valence-corrected chi connectivity index (χ0v) is 24.7. The summed E-state index contributed by atoms with van der Waals surface area (Å²) in [7, 11) is -4.27. The van der Waals surface area contributed by atoms with Gasteiger partial charge in [-0.25, -0.2) is 19.5 Å². The van der Waals surface area contributed by atoms with Crippen molar-refractivity contribution in [1.82, 2.24) is 19.6 Å². The number of carbonyl (C=O) groups excluding carboxylic acids is 2. The van der Waals surface area contributed by atoms with Gasteiger partial charge in [0.1, 0.15) is 17.2 Å². The number of hydrogen-bond acceptors (Lipinski definition) is 9. The molecule has 0 bridgehead atoms. The zero-order valence-electron chi connectivity index (χ0n) is 23.9. The number of nitrogen functional groups attached to an aromatic ring is 1. The highest BCUT2D eigenvalue weighted by Crippen LogP contribution is 2.38. The third-order valence-corrected chi connectivity index (χ3v) is 8.12. The van der Waals surface area contributed by atoms with Crippen molar-refractivity contribution >= 4 is 39.2 Å². The minimum Gasteiger partial charge on any atom is -0.444 e. The number of pyridine rings is 2. The smallest absolute Gasteiger partial charge is 0.410 e. The van der Waals surface area contributed by atoms with E-state index >= 15 is 0 Å². The summed E-state index contributed by atoms with van der Waals surface area (Å²) in [6.07, 6.45) is 3.02. The summed E-state index contributed by atoms with van der Waals surface area (Å²) in [5, 5.41) is -0.344. The SMILES string of the molecule is C[C@@H]1CN(c2nc(C3=CCN(C(=O)OC(C)(C)C)CC3)ccc2C(=O)NS(=O)(=O)c2cccc(N)n2)C(C)(C)C1. The normalized spacial score (nSPS) is 19.2. The van der Waals surface area contributed by atoms with Crippen LogP contribution in [-0.2, 0) is 14.8 Å². The van der Waals surface area contributed by atoms with Crippen molar-refractivity contribution < 1.29 is 22.7 Å². The van der Waals surface area contributed by atoms with Crippen LogP contribution in [0.5, 0.6) is 0 Å². The molecule has 2 aliphatic rings. The maximum atomic E-state index is 13.4. The highest BCUT2D eigenvalue weighted by atomic mass is 32.2. The van der Waals surface area contributed by atoms with Crippen LogP contribution >= 0.6 is 0 Å². The quantitative estimate of drug-likeness (QED) is 0.547. The predicted octanol–water partition coefficient (Wildman–Crippen LogP) is 3.83. The van der Waals surface area contributed by atoms with E-state index < -0.39 is 21.5 Å². The van der Waals surface area contributed by atoms with Crippen LogP contribution in [0, 0.1) is 5.92 Å². The molecule has 2 aliphatic heterocycles. The van der Waals surface area contributed by atoms with Gasteiger partial charge in [0, 0.05) is 25.2 Å². The van der Waals surface area contributed by atoms with Gasteiger partial charge in [-0.05, 0) is 83.2 Å². The number of rotatable bonds is 5. The first-order valence-corrected chi connectivity index (χ1v) is 14.8. The Balaban J connectivity index is 1.66. The van der Waals surface area contributed by atoms with E-state index in [2.05, 4.69) is 35.4 Å². The maximum absolute atomic E-state index is 13.4. The van der Waals surface area contributed by atoms with Crippen LogP contribution in [0.15, 0.2) is 41.4 Å². The van der Waals surface area contributed by atoms with Gasteiger partial charge in [0.05, 0.1) is 11.3 Å². The lowest BCUT2D eigenvalue weighted by Crippen LogP contribution is -2.41. The lowest BCUT2D eigenvalue weighted by Gasteiger charge is -2.34. The Morgan fingerprint density at radius 2 is 1.88 bits per heavy atom. The average Bonchev–Trinajstić information content (AvgIpc) is 3.14. The zero-order chi connectivity index (χ0) is 29.5. The van der Waals surface area contributed by atoms with E-state index in [0.29, 0.717) is 43.5 Å². The van der Waals surface area contributed by atoms with Gasteiger partial charge in [-0.15, -0.1) is 0 Å². The van der Waals surface area contributed by atoms with E-state index in [-0.39, 0.29) is 28.0 Å². The summed E-state index contributed by atoms with van der Waals surface area (Å²) in [4.78, 5) is 38.4. The fourth-order valence-electron chi connectivity index (χ4n) is 5.17. The Labute approximate surface area is 235 Å². The second-order valence-corrected chi connectivity index (χ2v) is 13.7. The van der Waals surface area contributed by atoms with Crippen molar-refractivity contribution in [2.75, 3.05) is 30.3 Å². The average molecular weight is 571 g/mol. The number of amides is 2. The fourth-order valence-corrected chi connectivity index (χ4v) is 6.12. The van der Waals surface area contributed by atoms with E-state index in [9.17, 15) is 18.0 Å². The van der Waals surface area contributed by atoms with Gasteiger partial charge in [-0.1, -0.05) is 19.1 Å². The minimum absolute atomic E-state index is 0.0285. The van der Waals surface area contributed by atoms with Crippen molar-refractivity contribution in [2.45, 2.75) is 70.6 Å². The monoisotopic (exact) mass is 570 g/mol. The summed E-state index contributed by atoms with van der Waals surface area (Å²) < 4.78 is 33.5. The molecule has 0 unspecified atom stereocenters. The molecule has 1 atom stereocenters. The number of nitrogens with two attached hydrogens (primary N) is 1. The molecule has 1 saturated heterocycles. The van der Waals surface area contributed by atoms with Crippen LogP contribution in [0.3, 0.4) is 0 Å². The summed E-state index contributed by atoms with van der Waals surface area (Å²) in [5.41, 5.74) is 6.52. The molecule has 2 aromatic heterocycles. The molecule has 1 fully saturated rings. The summed E-state index contributed by atoms with van der Waals surface area (Å²) in [6, 6.07) is 7.51. The molecule has 2 aromatic rings. The number of carbonyl (C=O) groups is 2. The number of sulfonamides is 1. The van der Waals surface area contributed by atoms with Gasteiger partial charge >= 0.3 is 6.09 Å². The molecule has 0 spiro atoms. The van der Waals surface area contributed by atoms with Crippen molar-refractivity contribution in [3.05, 3.63) is 47.7 Å². The Hall–Kier alpha value is -3.67. The van der Waals surface area contributed by atoms with Crippen LogP contribution in [0.25, 0.3) is 5.57 Å². The Morgan fingerprint density at radius 1 is 1.15 bits per heavy atom. The van der Waals surface area contributed by atoms with Gasteiger partial charge < -0.3 is 20.3 Å². The molecule has 0 radical (unpaired) electrons. The first kappa shape index (κ1) is 29.3. The summed E-state index contributed by atoms with van der Waals surface area (Å²) in [5.74, 6) is -0.00777. The van der Waals surface area contributed by atoms with Crippen molar-refractivity contribution in [3.8, 4) is 0 Å². The van der Waals surface area contributed by atoms with Crippen LogP contribution in [0.1, 0.15) is 70.4 Å². The van der Waals surface area contributed by atoms with Crippen molar-refractivity contribution in [1.29, 1.82) is 0 Å². The number of nitrogens with one attached hydrogen (secondary N) is 1. The standard InChI is InChI=1S/C28H38N6O5S/c1-18-16-28(5,6)34(17-18)24-20(25(35)32-40(37,38)23-9-7-8-22(29)31-23)10-11-21(30-24)19-12-14-33(15-13-19)26(36)39-27(2,3)4/h7-12,18H,13-17H2,1-6H3,(H2,29,31)(H,32,35)/t18-/m0/s1. The molecule has 12 heteroatoms. The molecular formula is C28H38N6O5S. The summed E-state index contributed by atoms with van der Waals surface area (Å²) >= 11 is 0. The maximum Gasteiger partial charge on any atom is 0.410 e. The second kappa shape index (κ2) is 10.7. The largest absolute Gasteiger partial charge is 0.444 e. The topological polar surface area (TPSA) is 148 Å². The van der Waals surface area contributed by atoms with E-state index in [0.717, 1.165) is 12.0 Å². The van der Waals surface area contributed by atoms with Gasteiger partial charge in [-0.2, -0.15) is 8.42 Å². The predicted molar refractivity (Wildman–Crippen MR) is 153 cm³/mol. The first-order chi connectivity index (χ1) is 18.6. The number of nitrogens with zero attached hydrogens (tertiary/aromatic N) is 4. The Bertz CT molecular complexity index is 1450. The lowest BCUT2D eigenvalue weighted by molar-refractivity contribution is 0.0270. The van der Waals surface area contributed by atoms with Gasteiger partial charge in [0.25, 0.3) is 15.9 Å². The highest BCUT2D eigenvalue weighted by molar-refractivity contribution is 7.90. The molecule has 2 amide bonds. The van der Waals surface area contributed by atoms with Crippen LogP contribution < -0.4 is 15.4 Å². The number of ether oxygens (including phenoxy) is 1. The van der Waals surface area contributed by atoms with Gasteiger partial charge in [0.15, 0.2) is 5.03 Å². The summed E-state index contributed by atoms with van der Waals surface area (Å²) in [6.45, 7) is 13.3. The number of anilines is 2. The van der Waals surface area contributed by atoms with Crippen molar-refractivity contribution in [3.63, 3.8) is 0 Å². The molecule has 4 heterocycles. The highest BCUT2D eigenvalue weighted by Gasteiger charge is 2.39. The molecule has 11 nitrogen and oxygen atoms in total. The fraction of sp³-hybridized carbons (Fsp3) is 0.500. The van der Waals surface area contributed by atoms with E-state index in [1.54, 1.807) is 17.0 Å². The first-order valence-electron chi connectivity index (χ1n) is 13.3. The van der Waals surface area contributed by atoms with E-state index in [1.807, 2.05) is 26.8 Å². The van der Waals surface area contributed by atoms with E-state index in [4.69, 9.17) is 15.5 Å². The molecule has 40 heavy (non-hydrogen) atoms. The third-order valence-electron chi connectivity index (χ3n) is 6.89. The molecule has 4 rings (SSSR count). The second-order valence-electron chi connectivity index (χ2n) is 12.0. The molecule has 0 aromatic carbocycles. The number of aromatic nitrogens is 2. The third kappa shape index (κ3) is 6.55. The van der Waals surface area contributed by atoms with Gasteiger partial charge in [-0.3, -0.25) is 4.79 Å². The molecule has 0 saturated carbocycles. The van der Waals surface area contributed by atoms with Crippen LogP contribution in [-0.4, -0.2) is 66.1 Å². The lowest BCUT2D eigenvalue weighted by atomic mass is 9.97. The van der Waals surface area contributed by atoms with Crippen LogP contribution in [0.4, 0.5) is 16.4 Å². The number of hydrogen-bond donors (Lipinski definition) is 2. The Morgan fingerprint density at radius 3 is 2.45 bits per heavy atom. The molecule has 216 valence electrons. The van der Waals surface area contributed by atoms with Gasteiger partial charge in [0.2, 0.25) is 0 Å². The molecule has 3 N–H and O–H groups in total. The minimum atomic E-state index is -4.27. The molecule has 0 aliphatic carbocycles. The van der Waals surface area contributed by atoms with Crippen LogP contribution in [0.2, 0.25) is 0 Å². The Kier molecular flexibility index (Phi) is 7.85. The molecular weight excluding hydrogens is 532 g/mol. The van der Waals surface area contributed by atoms with E-state index in [1.165, 1.54) is 18.2 Å².